The fourth-order valence-corrected chi connectivity index (χ4v) is 4.10. The molecule has 0 aliphatic heterocycles. The number of halogens is 1. The number of ether oxygens (including phenoxy) is 1. The Morgan fingerprint density at radius 3 is 1.56 bits per heavy atom. The summed E-state index contributed by atoms with van der Waals surface area (Å²) in [6, 6.07) is 0. The van der Waals surface area contributed by atoms with Gasteiger partial charge < -0.3 is 26.7 Å². The molecule has 0 spiro atoms. The SMILES string of the molecule is C=C(C)C(=O)OCC(O)C[N+](C)(C)CCCCCCCCCCCCCCCCCC.[Cl-]. The number of carbonyl (C=O) groups excluding carboxylic acids is 1. The molecule has 4 nitrogen and oxygen atoms in total. The highest BCUT2D eigenvalue weighted by atomic mass is 35.5. The molecule has 0 fully saturated rings. The van der Waals surface area contributed by atoms with Crippen molar-refractivity contribution in [1.82, 2.24) is 0 Å². The summed E-state index contributed by atoms with van der Waals surface area (Å²) >= 11 is 0. The lowest BCUT2D eigenvalue weighted by Crippen LogP contribution is -3.00. The molecule has 0 rings (SSSR count). The van der Waals surface area contributed by atoms with Crippen LogP contribution in [0.4, 0.5) is 0 Å². The molecule has 0 heterocycles. The predicted octanol–water partition coefficient (Wildman–Crippen LogP) is 3.81. The maximum atomic E-state index is 11.4. The maximum Gasteiger partial charge on any atom is 0.333 e. The highest BCUT2D eigenvalue weighted by Crippen LogP contribution is 2.14. The average Bonchev–Trinajstić information content (AvgIpc) is 2.71. The van der Waals surface area contributed by atoms with Gasteiger partial charge in [-0.05, 0) is 19.8 Å². The van der Waals surface area contributed by atoms with E-state index in [-0.39, 0.29) is 19.0 Å². The van der Waals surface area contributed by atoms with E-state index in [2.05, 4.69) is 27.6 Å². The summed E-state index contributed by atoms with van der Waals surface area (Å²) in [5, 5.41) is 10.1. The molecule has 5 heteroatoms. The monoisotopic (exact) mass is 475 g/mol. The van der Waals surface area contributed by atoms with Gasteiger partial charge in [-0.2, -0.15) is 0 Å². The Morgan fingerprint density at radius 1 is 0.812 bits per heavy atom. The Kier molecular flexibility index (Phi) is 23.3. The molecule has 0 radical (unpaired) electrons. The van der Waals surface area contributed by atoms with Gasteiger partial charge in [-0.3, -0.25) is 0 Å². The van der Waals surface area contributed by atoms with Crippen molar-refractivity contribution in [2.75, 3.05) is 33.8 Å². The van der Waals surface area contributed by atoms with Gasteiger partial charge in [0.15, 0.2) is 0 Å². The zero-order valence-corrected chi connectivity index (χ0v) is 22.6. The first-order valence-electron chi connectivity index (χ1n) is 13.1. The first kappa shape index (κ1) is 33.6. The minimum Gasteiger partial charge on any atom is -1.00 e. The van der Waals surface area contributed by atoms with Crippen LogP contribution in [0, 0.1) is 0 Å². The van der Waals surface area contributed by atoms with E-state index in [1.807, 2.05) is 0 Å². The Bertz CT molecular complexity index is 454. The van der Waals surface area contributed by atoms with Gasteiger partial charge >= 0.3 is 5.97 Å². The fraction of sp³-hybridized carbons (Fsp3) is 0.889. The van der Waals surface area contributed by atoms with E-state index in [1.165, 1.54) is 103 Å². The van der Waals surface area contributed by atoms with Crippen LogP contribution in [0.5, 0.6) is 0 Å². The second-order valence-electron chi connectivity index (χ2n) is 10.2. The van der Waals surface area contributed by atoms with E-state index in [9.17, 15) is 9.90 Å². The van der Waals surface area contributed by atoms with Gasteiger partial charge in [0.2, 0.25) is 0 Å². The van der Waals surface area contributed by atoms with Crippen LogP contribution in [0.3, 0.4) is 0 Å². The lowest BCUT2D eigenvalue weighted by Gasteiger charge is -2.31. The molecule has 0 aromatic carbocycles. The van der Waals surface area contributed by atoms with Crippen LogP contribution in [0.2, 0.25) is 0 Å². The predicted molar refractivity (Wildman–Crippen MR) is 133 cm³/mol. The minimum atomic E-state index is -0.626. The largest absolute Gasteiger partial charge is 1.00 e. The van der Waals surface area contributed by atoms with Crippen molar-refractivity contribution in [2.45, 2.75) is 123 Å². The number of quaternary nitrogens is 1. The van der Waals surface area contributed by atoms with Crippen molar-refractivity contribution in [2.24, 2.45) is 0 Å². The molecular weight excluding hydrogens is 422 g/mol. The zero-order valence-electron chi connectivity index (χ0n) is 21.8. The number of hydrogen-bond acceptors (Lipinski definition) is 3. The summed E-state index contributed by atoms with van der Waals surface area (Å²) in [6.45, 7) is 9.15. The van der Waals surface area contributed by atoms with Crippen molar-refractivity contribution in [3.05, 3.63) is 12.2 Å². The summed E-state index contributed by atoms with van der Waals surface area (Å²) in [6.07, 6.45) is 21.5. The van der Waals surface area contributed by atoms with Crippen molar-refractivity contribution in [1.29, 1.82) is 0 Å². The van der Waals surface area contributed by atoms with E-state index < -0.39 is 12.1 Å². The van der Waals surface area contributed by atoms with Crippen LogP contribution in [0.1, 0.15) is 117 Å². The summed E-state index contributed by atoms with van der Waals surface area (Å²) in [7, 11) is 4.27. The molecule has 0 bridgehead atoms. The molecule has 0 saturated carbocycles. The van der Waals surface area contributed by atoms with E-state index in [0.717, 1.165) is 11.0 Å². The molecular formula is C27H54ClNO3. The highest BCUT2D eigenvalue weighted by molar-refractivity contribution is 5.86. The summed E-state index contributed by atoms with van der Waals surface area (Å²) < 4.78 is 5.80. The number of aliphatic hydroxyl groups excluding tert-OH is 1. The lowest BCUT2D eigenvalue weighted by molar-refractivity contribution is -0.893. The van der Waals surface area contributed by atoms with Crippen molar-refractivity contribution >= 4 is 5.97 Å². The van der Waals surface area contributed by atoms with Crippen molar-refractivity contribution in [3.8, 4) is 0 Å². The summed E-state index contributed by atoms with van der Waals surface area (Å²) in [5.41, 5.74) is 0.370. The maximum absolute atomic E-state index is 11.4. The normalized spacial score (nSPS) is 12.3. The molecule has 1 atom stereocenters. The van der Waals surface area contributed by atoms with Gasteiger partial charge in [0.25, 0.3) is 0 Å². The van der Waals surface area contributed by atoms with Gasteiger partial charge in [0.1, 0.15) is 19.3 Å². The number of rotatable bonds is 22. The Hall–Kier alpha value is -0.580. The number of nitrogens with zero attached hydrogens (tertiary/aromatic N) is 1. The van der Waals surface area contributed by atoms with E-state index >= 15 is 0 Å². The van der Waals surface area contributed by atoms with Gasteiger partial charge in [0, 0.05) is 5.57 Å². The highest BCUT2D eigenvalue weighted by Gasteiger charge is 2.21. The third kappa shape index (κ3) is 22.6. The topological polar surface area (TPSA) is 46.5 Å². The smallest absolute Gasteiger partial charge is 0.333 e. The van der Waals surface area contributed by atoms with E-state index in [4.69, 9.17) is 4.74 Å². The number of hydrogen-bond donors (Lipinski definition) is 1. The third-order valence-corrected chi connectivity index (χ3v) is 6.08. The third-order valence-electron chi connectivity index (χ3n) is 6.08. The van der Waals surface area contributed by atoms with Gasteiger partial charge in [-0.25, -0.2) is 4.79 Å². The first-order valence-corrected chi connectivity index (χ1v) is 13.1. The molecule has 0 saturated heterocycles. The first-order chi connectivity index (χ1) is 14.8. The van der Waals surface area contributed by atoms with Crippen LogP contribution >= 0.6 is 0 Å². The fourth-order valence-electron chi connectivity index (χ4n) is 4.10. The second kappa shape index (κ2) is 22.2. The average molecular weight is 476 g/mol. The molecule has 0 amide bonds. The molecule has 0 aromatic heterocycles. The molecule has 0 aromatic rings. The Labute approximate surface area is 206 Å². The molecule has 32 heavy (non-hydrogen) atoms. The van der Waals surface area contributed by atoms with Crippen LogP contribution in [0.25, 0.3) is 0 Å². The number of unbranched alkanes of at least 4 members (excludes halogenated alkanes) is 15. The number of likely N-dealkylation sites (N-methyl/N-ethyl adjacent to an activating group) is 1. The van der Waals surface area contributed by atoms with Gasteiger partial charge in [-0.1, -0.05) is 103 Å². The van der Waals surface area contributed by atoms with Gasteiger partial charge in [0.05, 0.1) is 20.6 Å². The molecule has 0 aliphatic rings. The molecule has 0 aliphatic carbocycles. The molecule has 192 valence electrons. The standard InChI is InChI=1S/C27H54NO3.ClH/c1-6-7-8-9-10-11-12-13-14-15-16-17-18-19-20-21-22-28(4,5)23-26(29)24-31-27(30)25(2)3;/h26,29H,2,6-24H2,1,3-5H3;1H/q+1;/p-1. The quantitative estimate of drug-likeness (QED) is 0.112. The van der Waals surface area contributed by atoms with Crippen LogP contribution in [-0.4, -0.2) is 55.5 Å². The number of esters is 1. The van der Waals surface area contributed by atoms with Crippen molar-refractivity contribution in [3.63, 3.8) is 0 Å². The van der Waals surface area contributed by atoms with Crippen LogP contribution in [-0.2, 0) is 9.53 Å². The second-order valence-corrected chi connectivity index (χ2v) is 10.2. The summed E-state index contributed by atoms with van der Waals surface area (Å²) in [4.78, 5) is 11.4. The Balaban J connectivity index is 0. The van der Waals surface area contributed by atoms with Crippen molar-refractivity contribution < 1.29 is 31.5 Å². The minimum absolute atomic E-state index is 0. The summed E-state index contributed by atoms with van der Waals surface area (Å²) in [5.74, 6) is -0.429. The lowest BCUT2D eigenvalue weighted by atomic mass is 10.0. The number of carbonyl (C=O) groups is 1. The Morgan fingerprint density at radius 2 is 1.19 bits per heavy atom. The zero-order chi connectivity index (χ0) is 23.4. The van der Waals surface area contributed by atoms with E-state index in [1.54, 1.807) is 6.92 Å². The van der Waals surface area contributed by atoms with Gasteiger partial charge in [-0.15, -0.1) is 0 Å². The molecule has 1 unspecified atom stereocenters. The van der Waals surface area contributed by atoms with Crippen LogP contribution < -0.4 is 12.4 Å². The number of aliphatic hydroxyl groups is 1. The van der Waals surface area contributed by atoms with E-state index in [0.29, 0.717) is 12.1 Å². The molecule has 1 N–H and O–H groups in total. The van der Waals surface area contributed by atoms with Crippen LogP contribution in [0.15, 0.2) is 12.2 Å².